The number of imide groups is 1. The number of benzene rings is 3. The molecule has 0 radical (unpaired) electrons. The number of nitrogens with zero attached hydrogens (tertiary/aromatic N) is 2. The Morgan fingerprint density at radius 3 is 1.95 bits per heavy atom. The molecule has 1 saturated heterocycles. The third-order valence-electron chi connectivity index (χ3n) is 9.19. The number of carbonyl (C=O) groups excluding carboxylic acids is 4. The summed E-state index contributed by atoms with van der Waals surface area (Å²) in [4.78, 5) is 55.0. The maximum atomic E-state index is 13.8. The highest BCUT2D eigenvalue weighted by molar-refractivity contribution is 7.87. The second-order valence-corrected chi connectivity index (χ2v) is 13.8. The maximum Gasteiger partial charge on any atom is 0.339 e. The fraction of sp³-hybridized carbons (Fsp3) is 0.273. The summed E-state index contributed by atoms with van der Waals surface area (Å²) in [5.74, 6) is -2.65. The van der Waals surface area contributed by atoms with Crippen LogP contribution in [0.1, 0.15) is 32.7 Å². The van der Waals surface area contributed by atoms with Crippen molar-refractivity contribution in [3.05, 3.63) is 107 Å². The van der Waals surface area contributed by atoms with Crippen LogP contribution in [-0.4, -0.2) is 48.5 Å². The molecule has 3 aromatic carbocycles. The van der Waals surface area contributed by atoms with E-state index in [0.29, 0.717) is 16.9 Å². The largest absolute Gasteiger partial charge is 0.379 e. The van der Waals surface area contributed by atoms with Gasteiger partial charge in [-0.05, 0) is 97.7 Å². The molecule has 3 amide bonds. The first kappa shape index (κ1) is 28.5. The lowest BCUT2D eigenvalue weighted by Crippen LogP contribution is -2.52. The van der Waals surface area contributed by atoms with Gasteiger partial charge in [0.2, 0.25) is 0 Å². The van der Waals surface area contributed by atoms with Gasteiger partial charge in [-0.25, -0.2) is 5.01 Å². The molecule has 0 N–H and O–H groups in total. The van der Waals surface area contributed by atoms with Crippen molar-refractivity contribution in [2.24, 2.45) is 35.5 Å². The number of Topliss-reactive ketones (excluding diaryl/α,β-unsaturated/α-hetero) is 1. The van der Waals surface area contributed by atoms with Gasteiger partial charge in [0.1, 0.15) is 17.2 Å². The number of hydrazine groups is 1. The average molecular weight is 631 g/mol. The quantitative estimate of drug-likeness (QED) is 0.153. The van der Waals surface area contributed by atoms with E-state index < -0.39 is 52.0 Å². The van der Waals surface area contributed by atoms with Crippen LogP contribution in [0.25, 0.3) is 0 Å². The van der Waals surface area contributed by atoms with E-state index in [2.05, 4.69) is 0 Å². The van der Waals surface area contributed by atoms with Crippen LogP contribution in [0.5, 0.6) is 5.75 Å². The molecule has 1 heterocycles. The maximum absolute atomic E-state index is 13.8. The Bertz CT molecular complexity index is 1800. The monoisotopic (exact) mass is 630 g/mol. The number of aryl methyl sites for hydroxylation is 1. The first-order valence-corrected chi connectivity index (χ1v) is 16.1. The first-order valence-electron chi connectivity index (χ1n) is 14.3. The average Bonchev–Trinajstić information content (AvgIpc) is 3.79. The van der Waals surface area contributed by atoms with E-state index in [1.165, 1.54) is 60.7 Å². The Balaban J connectivity index is 1.14. The zero-order valence-corrected chi connectivity index (χ0v) is 25.1. The van der Waals surface area contributed by atoms with Gasteiger partial charge in [0.25, 0.3) is 17.7 Å². The molecule has 0 spiro atoms. The van der Waals surface area contributed by atoms with E-state index >= 15 is 0 Å². The minimum Gasteiger partial charge on any atom is -0.379 e. The number of ketones is 1. The lowest BCUT2D eigenvalue weighted by Gasteiger charge is -2.37. The Labute approximate surface area is 259 Å². The van der Waals surface area contributed by atoms with Crippen LogP contribution in [0, 0.1) is 42.4 Å². The van der Waals surface area contributed by atoms with E-state index in [0.717, 1.165) is 22.0 Å². The van der Waals surface area contributed by atoms with Crippen LogP contribution >= 0.6 is 11.6 Å². The molecule has 224 valence electrons. The third-order valence-corrected chi connectivity index (χ3v) is 10.7. The molecular weight excluding hydrogens is 604 g/mol. The van der Waals surface area contributed by atoms with Crippen LogP contribution in [0.4, 0.5) is 0 Å². The molecule has 44 heavy (non-hydrogen) atoms. The number of halogens is 1. The fourth-order valence-electron chi connectivity index (χ4n) is 6.96. The summed E-state index contributed by atoms with van der Waals surface area (Å²) in [5.41, 5.74) is 1.19. The third kappa shape index (κ3) is 4.73. The predicted octanol–water partition coefficient (Wildman–Crippen LogP) is 4.71. The molecule has 3 aromatic rings. The van der Waals surface area contributed by atoms with Gasteiger partial charge in [0, 0.05) is 16.1 Å². The zero-order chi connectivity index (χ0) is 30.9. The van der Waals surface area contributed by atoms with Gasteiger partial charge >= 0.3 is 10.1 Å². The highest BCUT2D eigenvalue weighted by Gasteiger charge is 2.68. The Morgan fingerprint density at radius 1 is 0.841 bits per heavy atom. The number of rotatable bonds is 8. The number of hydrogen-bond acceptors (Lipinski definition) is 7. The normalized spacial score (nSPS) is 26.3. The molecule has 4 aliphatic carbocycles. The summed E-state index contributed by atoms with van der Waals surface area (Å²) in [7, 11) is -4.10. The number of amides is 3. The second-order valence-electron chi connectivity index (χ2n) is 11.8. The molecule has 1 aliphatic heterocycles. The van der Waals surface area contributed by atoms with Crippen molar-refractivity contribution in [1.82, 2.24) is 10.0 Å². The molecule has 6 atom stereocenters. The van der Waals surface area contributed by atoms with Gasteiger partial charge in [-0.1, -0.05) is 41.4 Å². The zero-order valence-electron chi connectivity index (χ0n) is 23.5. The van der Waals surface area contributed by atoms with E-state index in [9.17, 15) is 27.6 Å². The standard InChI is InChI=1S/C33H27ClN2O7S/c1-18-2-12-23(13-3-18)44(41,42)43-22-10-6-19(7-11-22)28(37)17-35(31(38)20-4-8-21(34)9-5-20)36-32(39)29-24-14-15-25(27-16-26(24)27)30(29)33(36)40/h2-15,24-27,29-30H,16-17H2,1H3/t24-,25-,26-,27+,29-,30+/m0/s1. The lowest BCUT2D eigenvalue weighted by atomic mass is 9.63. The highest BCUT2D eigenvalue weighted by Crippen LogP contribution is 2.65. The number of carbonyl (C=O) groups is 4. The van der Waals surface area contributed by atoms with Gasteiger partial charge in [-0.3, -0.25) is 19.2 Å². The van der Waals surface area contributed by atoms with Crippen LogP contribution in [-0.2, 0) is 19.7 Å². The molecule has 11 heteroatoms. The lowest BCUT2D eigenvalue weighted by molar-refractivity contribution is -0.154. The number of allylic oxidation sites excluding steroid dienone is 2. The van der Waals surface area contributed by atoms with E-state index in [1.807, 2.05) is 19.1 Å². The minimum atomic E-state index is -4.10. The molecule has 9 nitrogen and oxygen atoms in total. The highest BCUT2D eigenvalue weighted by atomic mass is 35.5. The fourth-order valence-corrected chi connectivity index (χ4v) is 8.01. The summed E-state index contributed by atoms with van der Waals surface area (Å²) in [5, 5.41) is 2.22. The summed E-state index contributed by atoms with van der Waals surface area (Å²) in [6.45, 7) is 1.25. The minimum absolute atomic E-state index is 0.00765. The summed E-state index contributed by atoms with van der Waals surface area (Å²) in [6, 6.07) is 17.6. The molecular formula is C33H27ClN2O7S. The van der Waals surface area contributed by atoms with Crippen molar-refractivity contribution in [1.29, 1.82) is 0 Å². The summed E-state index contributed by atoms with van der Waals surface area (Å²) >= 11 is 6.01. The molecule has 2 bridgehead atoms. The van der Waals surface area contributed by atoms with Crippen molar-refractivity contribution < 1.29 is 31.8 Å². The summed E-state index contributed by atoms with van der Waals surface area (Å²) in [6.07, 6.45) is 5.07. The predicted molar refractivity (Wildman–Crippen MR) is 159 cm³/mol. The molecule has 3 fully saturated rings. The van der Waals surface area contributed by atoms with Crippen molar-refractivity contribution in [2.75, 3.05) is 6.54 Å². The topological polar surface area (TPSA) is 118 Å². The summed E-state index contributed by atoms with van der Waals surface area (Å²) < 4.78 is 30.6. The van der Waals surface area contributed by atoms with Gasteiger partial charge < -0.3 is 4.18 Å². The van der Waals surface area contributed by atoms with Crippen LogP contribution < -0.4 is 4.18 Å². The smallest absolute Gasteiger partial charge is 0.339 e. The Hall–Kier alpha value is -4.28. The van der Waals surface area contributed by atoms with Crippen molar-refractivity contribution in [2.45, 2.75) is 18.2 Å². The number of hydrogen-bond donors (Lipinski definition) is 0. The van der Waals surface area contributed by atoms with Crippen molar-refractivity contribution in [3.63, 3.8) is 0 Å². The first-order chi connectivity index (χ1) is 21.0. The van der Waals surface area contributed by atoms with Gasteiger partial charge in [-0.15, -0.1) is 0 Å². The van der Waals surface area contributed by atoms with E-state index in [-0.39, 0.29) is 33.6 Å². The molecule has 8 rings (SSSR count). The Kier molecular flexibility index (Phi) is 6.75. The molecule has 0 unspecified atom stereocenters. The van der Waals surface area contributed by atoms with Crippen molar-refractivity contribution >= 4 is 45.2 Å². The molecule has 0 aromatic heterocycles. The van der Waals surface area contributed by atoms with Crippen LogP contribution in [0.2, 0.25) is 5.02 Å². The van der Waals surface area contributed by atoms with Crippen LogP contribution in [0.15, 0.2) is 89.8 Å². The van der Waals surface area contributed by atoms with Crippen molar-refractivity contribution in [3.8, 4) is 5.75 Å². The van der Waals surface area contributed by atoms with Gasteiger partial charge in [0.15, 0.2) is 5.78 Å². The van der Waals surface area contributed by atoms with Crippen LogP contribution in [0.3, 0.4) is 0 Å². The Morgan fingerprint density at radius 2 is 1.39 bits per heavy atom. The SMILES string of the molecule is Cc1ccc(S(=O)(=O)Oc2ccc(C(=O)CN(C(=O)c3ccc(Cl)cc3)N3C(=O)[C@@H]4[C@H]5C=C[C@@H]([C@@H]6C[C@H]56)[C@@H]4C3=O)cc2)cc1. The van der Waals surface area contributed by atoms with E-state index in [4.69, 9.17) is 15.8 Å². The van der Waals surface area contributed by atoms with Gasteiger partial charge in [-0.2, -0.15) is 13.4 Å². The van der Waals surface area contributed by atoms with E-state index in [1.54, 1.807) is 12.1 Å². The second kappa shape index (κ2) is 10.4. The molecule has 2 saturated carbocycles. The molecule has 5 aliphatic rings. The van der Waals surface area contributed by atoms with Gasteiger partial charge in [0.05, 0.1) is 11.8 Å².